The van der Waals surface area contributed by atoms with Crippen molar-refractivity contribution in [3.05, 3.63) is 210 Å². The molecule has 6 aromatic carbocycles. The highest BCUT2D eigenvalue weighted by Gasteiger charge is 2.61. The zero-order chi connectivity index (χ0) is 45.6. The van der Waals surface area contributed by atoms with Crippen molar-refractivity contribution in [3.8, 4) is 0 Å². The second-order valence-corrected chi connectivity index (χ2v) is 17.7. The maximum atomic E-state index is 13.9. The van der Waals surface area contributed by atoms with Gasteiger partial charge < -0.3 is 47.4 Å². The molecule has 0 radical (unpaired) electrons. The highest BCUT2D eigenvalue weighted by atomic mass is 32.2. The van der Waals surface area contributed by atoms with E-state index in [4.69, 9.17) is 47.4 Å². The summed E-state index contributed by atoms with van der Waals surface area (Å²) in [6.45, 7) is 1.13. The van der Waals surface area contributed by atoms with Crippen LogP contribution in [0.2, 0.25) is 0 Å². The molecule has 0 N–H and O–H groups in total. The minimum Gasteiger partial charge on any atom is -0.454 e. The zero-order valence-electron chi connectivity index (χ0n) is 37.3. The Hall–Kier alpha value is -5.22. The highest BCUT2D eigenvalue weighted by molar-refractivity contribution is 7.99. The van der Waals surface area contributed by atoms with Gasteiger partial charge in [0.15, 0.2) is 24.8 Å². The first-order chi connectivity index (χ1) is 33.1. The standard InChI is InChI=1S/C55H56O11S/c1-57-54-51(61-35-41-26-14-5-15-27-41)47(59-33-39-22-10-3-11-23-39)46(44(63-54)36-58-32-38-20-8-2-9-21-38)65-55-52(49-48(50(66-55)53(56)64-49)60-34-40-24-12-4-13-25-40)62-45(42-28-16-6-17-29-42)37-67-43-30-18-7-19-31-43/h2-31,44-52,54-55H,32-37H2,1H3/t44-,45-,46-,47+,48+,49+,50+,51-,52+,54+,55-/m1/s1. The molecular weight excluding hydrogens is 869 g/mol. The van der Waals surface area contributed by atoms with Gasteiger partial charge in [-0.3, -0.25) is 0 Å². The first-order valence-electron chi connectivity index (χ1n) is 22.8. The van der Waals surface area contributed by atoms with Crippen molar-refractivity contribution < 1.29 is 52.2 Å². The van der Waals surface area contributed by atoms with Crippen LogP contribution in [-0.2, 0) is 78.6 Å². The number of fused-ring (bicyclic) bond motifs is 2. The fraction of sp³-hybridized carbons (Fsp3) is 0.327. The smallest absolute Gasteiger partial charge is 0.338 e. The SMILES string of the molecule is CO[C@H]1O[C@H](COCc2ccccc2)[C@@H](O[C@@H]2O[C@@H]3C(=O)O[C@H]([C@@H]2O[C@H](CSc2ccccc2)c2ccccc2)[C@@H]3OCc2ccccc2)[C@H](OCc2ccccc2)[C@H]1OCc1ccccc1. The quantitative estimate of drug-likeness (QED) is 0.0479. The molecule has 3 heterocycles. The van der Waals surface area contributed by atoms with Crippen LogP contribution < -0.4 is 0 Å². The fourth-order valence-corrected chi connectivity index (χ4v) is 9.55. The molecule has 6 aromatic rings. The first kappa shape index (κ1) is 46.9. The van der Waals surface area contributed by atoms with Crippen molar-refractivity contribution in [1.29, 1.82) is 0 Å². The maximum Gasteiger partial charge on any atom is 0.338 e. The second kappa shape index (κ2) is 23.7. The number of rotatable bonds is 22. The van der Waals surface area contributed by atoms with E-state index in [1.165, 1.54) is 0 Å². The lowest BCUT2D eigenvalue weighted by molar-refractivity contribution is -0.361. The molecule has 3 saturated heterocycles. The summed E-state index contributed by atoms with van der Waals surface area (Å²) < 4.78 is 66.9. The van der Waals surface area contributed by atoms with Gasteiger partial charge in [0.2, 0.25) is 0 Å². The van der Waals surface area contributed by atoms with Crippen LogP contribution in [-0.4, -0.2) is 86.9 Å². The van der Waals surface area contributed by atoms with Crippen molar-refractivity contribution in [2.45, 2.75) is 98.8 Å². The summed E-state index contributed by atoms with van der Waals surface area (Å²) in [6, 6.07) is 59.7. The van der Waals surface area contributed by atoms with Crippen molar-refractivity contribution in [1.82, 2.24) is 0 Å². The average Bonchev–Trinajstić information content (AvgIpc) is 3.62. The van der Waals surface area contributed by atoms with E-state index in [0.29, 0.717) is 12.4 Å². The molecule has 0 unspecified atom stereocenters. The topological polar surface area (TPSA) is 109 Å². The number of hydrogen-bond acceptors (Lipinski definition) is 12. The Balaban J connectivity index is 1.07. The van der Waals surface area contributed by atoms with E-state index in [0.717, 1.165) is 32.7 Å². The normalized spacial score (nSPS) is 26.2. The Morgan fingerprint density at radius 3 is 1.57 bits per heavy atom. The summed E-state index contributed by atoms with van der Waals surface area (Å²) in [5, 5.41) is 0. The van der Waals surface area contributed by atoms with Crippen LogP contribution >= 0.6 is 11.8 Å². The van der Waals surface area contributed by atoms with Crippen molar-refractivity contribution in [2.24, 2.45) is 0 Å². The number of esters is 1. The molecule has 9 rings (SSSR count). The van der Waals surface area contributed by atoms with Gasteiger partial charge in [0.1, 0.15) is 36.6 Å². The van der Waals surface area contributed by atoms with Gasteiger partial charge in [-0.05, 0) is 39.9 Å². The Kier molecular flexibility index (Phi) is 16.6. The Labute approximate surface area is 396 Å². The lowest BCUT2D eigenvalue weighted by Crippen LogP contribution is -2.64. The van der Waals surface area contributed by atoms with Crippen LogP contribution in [0.25, 0.3) is 0 Å². The lowest BCUT2D eigenvalue weighted by atomic mass is 9.96. The Bertz CT molecular complexity index is 2370. The van der Waals surface area contributed by atoms with Gasteiger partial charge in [0.25, 0.3) is 0 Å². The minimum atomic E-state index is -1.17. The lowest BCUT2D eigenvalue weighted by Gasteiger charge is -2.48. The molecule has 0 spiro atoms. The van der Waals surface area contributed by atoms with Crippen molar-refractivity contribution in [2.75, 3.05) is 19.5 Å². The van der Waals surface area contributed by atoms with Gasteiger partial charge in [-0.1, -0.05) is 170 Å². The monoisotopic (exact) mass is 924 g/mol. The summed E-state index contributed by atoms with van der Waals surface area (Å²) in [5.41, 5.74) is 4.79. The van der Waals surface area contributed by atoms with Crippen LogP contribution in [0.5, 0.6) is 0 Å². The predicted molar refractivity (Wildman–Crippen MR) is 251 cm³/mol. The van der Waals surface area contributed by atoms with Crippen LogP contribution in [0.15, 0.2) is 187 Å². The molecule has 0 aliphatic carbocycles. The van der Waals surface area contributed by atoms with E-state index in [1.54, 1.807) is 18.9 Å². The molecule has 11 atom stereocenters. The van der Waals surface area contributed by atoms with Crippen molar-refractivity contribution >= 4 is 17.7 Å². The van der Waals surface area contributed by atoms with E-state index < -0.39 is 73.5 Å². The van der Waals surface area contributed by atoms with Crippen LogP contribution in [0.1, 0.15) is 33.9 Å². The number of ether oxygens (including phenoxy) is 10. The van der Waals surface area contributed by atoms with Crippen LogP contribution in [0.3, 0.4) is 0 Å². The Morgan fingerprint density at radius 1 is 0.522 bits per heavy atom. The maximum absolute atomic E-state index is 13.9. The number of benzene rings is 6. The molecular formula is C55H56O11S. The number of carbonyl (C=O) groups is 1. The molecule has 12 heteroatoms. The van der Waals surface area contributed by atoms with Gasteiger partial charge in [-0.2, -0.15) is 0 Å². The number of thioether (sulfide) groups is 1. The summed E-state index contributed by atoms with van der Waals surface area (Å²) >= 11 is 1.66. The highest BCUT2D eigenvalue weighted by Crippen LogP contribution is 2.41. The third-order valence-corrected chi connectivity index (χ3v) is 13.1. The van der Waals surface area contributed by atoms with Gasteiger partial charge in [0.05, 0.1) is 39.1 Å². The number of carbonyl (C=O) groups excluding carboxylic acids is 1. The van der Waals surface area contributed by atoms with Gasteiger partial charge in [0, 0.05) is 17.8 Å². The number of hydrogen-bond donors (Lipinski definition) is 0. The third kappa shape index (κ3) is 12.3. The number of methoxy groups -OCH3 is 1. The molecule has 67 heavy (non-hydrogen) atoms. The largest absolute Gasteiger partial charge is 0.454 e. The molecule has 11 nitrogen and oxygen atoms in total. The molecule has 3 aliphatic heterocycles. The molecule has 0 amide bonds. The van der Waals surface area contributed by atoms with E-state index in [1.807, 2.05) is 170 Å². The molecule has 3 fully saturated rings. The minimum absolute atomic E-state index is 0.0969. The van der Waals surface area contributed by atoms with Gasteiger partial charge >= 0.3 is 5.97 Å². The van der Waals surface area contributed by atoms with Crippen LogP contribution in [0, 0.1) is 0 Å². The second-order valence-electron chi connectivity index (χ2n) is 16.6. The van der Waals surface area contributed by atoms with Gasteiger partial charge in [-0.15, -0.1) is 11.8 Å². The van der Waals surface area contributed by atoms with E-state index in [9.17, 15) is 4.79 Å². The molecule has 2 bridgehead atoms. The first-order valence-corrected chi connectivity index (χ1v) is 23.7. The average molecular weight is 925 g/mol. The van der Waals surface area contributed by atoms with Crippen molar-refractivity contribution in [3.63, 3.8) is 0 Å². The molecule has 348 valence electrons. The van der Waals surface area contributed by atoms with Crippen LogP contribution in [0.4, 0.5) is 0 Å². The third-order valence-electron chi connectivity index (χ3n) is 12.0. The summed E-state index contributed by atoms with van der Waals surface area (Å²) in [5.74, 6) is -0.0201. The van der Waals surface area contributed by atoms with Gasteiger partial charge in [-0.25, -0.2) is 4.79 Å². The zero-order valence-corrected chi connectivity index (χ0v) is 38.1. The van der Waals surface area contributed by atoms with E-state index in [-0.39, 0.29) is 26.4 Å². The van der Waals surface area contributed by atoms with E-state index >= 15 is 0 Å². The van der Waals surface area contributed by atoms with E-state index in [2.05, 4.69) is 12.1 Å². The Morgan fingerprint density at radius 2 is 1.01 bits per heavy atom. The molecule has 0 saturated carbocycles. The molecule has 0 aromatic heterocycles. The molecule has 3 aliphatic rings. The summed E-state index contributed by atoms with van der Waals surface area (Å²) in [4.78, 5) is 15.0. The summed E-state index contributed by atoms with van der Waals surface area (Å²) in [6.07, 6.45) is -9.59. The predicted octanol–water partition coefficient (Wildman–Crippen LogP) is 9.29. The fourth-order valence-electron chi connectivity index (χ4n) is 8.59. The summed E-state index contributed by atoms with van der Waals surface area (Å²) in [7, 11) is 1.59.